The van der Waals surface area contributed by atoms with Crippen LogP contribution in [0.15, 0.2) is 47.6 Å². The number of nitrogens with one attached hydrogen (secondary N) is 2. The van der Waals surface area contributed by atoms with Crippen molar-refractivity contribution in [3.05, 3.63) is 69.5 Å². The highest BCUT2D eigenvalue weighted by Crippen LogP contribution is 2.26. The molecule has 2 amide bonds. The van der Waals surface area contributed by atoms with Gasteiger partial charge in [0.15, 0.2) is 11.0 Å². The molecule has 0 radical (unpaired) electrons. The molecule has 0 saturated heterocycles. The normalized spacial score (nSPS) is 12.0. The Kier molecular flexibility index (Phi) is 8.40. The van der Waals surface area contributed by atoms with Crippen LogP contribution in [0.4, 0.5) is 5.69 Å². The summed E-state index contributed by atoms with van der Waals surface area (Å²) in [7, 11) is 1.82. The Bertz CT molecular complexity index is 1150. The van der Waals surface area contributed by atoms with E-state index in [1.807, 2.05) is 27.8 Å². The van der Waals surface area contributed by atoms with Crippen molar-refractivity contribution >= 4 is 52.5 Å². The molecule has 2 aromatic carbocycles. The summed E-state index contributed by atoms with van der Waals surface area (Å²) in [5, 5.41) is 16.2. The minimum Gasteiger partial charge on any atom is -0.342 e. The second kappa shape index (κ2) is 11.0. The number of anilines is 1. The van der Waals surface area contributed by atoms with Crippen LogP contribution in [0.5, 0.6) is 0 Å². The molecule has 0 aliphatic carbocycles. The molecule has 3 rings (SSSR count). The molecule has 2 N–H and O–H groups in total. The first-order chi connectivity index (χ1) is 15.7. The number of hydrogen-bond donors (Lipinski definition) is 2. The Morgan fingerprint density at radius 1 is 1.09 bits per heavy atom. The van der Waals surface area contributed by atoms with Crippen LogP contribution in [-0.2, 0) is 11.8 Å². The van der Waals surface area contributed by atoms with Crippen LogP contribution in [0.1, 0.15) is 41.6 Å². The highest BCUT2D eigenvalue weighted by Gasteiger charge is 2.25. The Labute approximate surface area is 207 Å². The Morgan fingerprint density at radius 3 is 2.45 bits per heavy atom. The van der Waals surface area contributed by atoms with E-state index in [1.165, 1.54) is 11.8 Å². The first kappa shape index (κ1) is 25.1. The summed E-state index contributed by atoms with van der Waals surface area (Å²) in [6.45, 7) is 5.84. The molecule has 0 fully saturated rings. The highest BCUT2D eigenvalue weighted by atomic mass is 35.5. The zero-order chi connectivity index (χ0) is 24.1. The fourth-order valence-corrected chi connectivity index (χ4v) is 4.16. The average molecular weight is 506 g/mol. The van der Waals surface area contributed by atoms with Crippen LogP contribution in [0.25, 0.3) is 0 Å². The van der Waals surface area contributed by atoms with Crippen molar-refractivity contribution in [3.63, 3.8) is 0 Å². The van der Waals surface area contributed by atoms with Crippen LogP contribution < -0.4 is 10.6 Å². The number of benzene rings is 2. The molecule has 10 heteroatoms. The molecular weight excluding hydrogens is 481 g/mol. The van der Waals surface area contributed by atoms with Gasteiger partial charge in [-0.25, -0.2) is 0 Å². The predicted octanol–water partition coefficient (Wildman–Crippen LogP) is 5.29. The monoisotopic (exact) mass is 505 g/mol. The van der Waals surface area contributed by atoms with Crippen molar-refractivity contribution in [2.45, 2.75) is 32.0 Å². The molecular formula is C23H25Cl2N5O2S. The van der Waals surface area contributed by atoms with Gasteiger partial charge in [0.25, 0.3) is 5.91 Å². The van der Waals surface area contributed by atoms with Crippen LogP contribution in [0.3, 0.4) is 0 Å². The van der Waals surface area contributed by atoms with Crippen molar-refractivity contribution in [1.29, 1.82) is 0 Å². The molecule has 0 aliphatic rings. The molecule has 3 aromatic rings. The summed E-state index contributed by atoms with van der Waals surface area (Å²) < 4.78 is 1.80. The van der Waals surface area contributed by atoms with Crippen LogP contribution in [-0.4, -0.2) is 32.3 Å². The molecule has 1 aromatic heterocycles. The van der Waals surface area contributed by atoms with E-state index in [9.17, 15) is 9.59 Å². The smallest absolute Gasteiger partial charge is 0.251 e. The minimum absolute atomic E-state index is 0.0658. The number of halogens is 2. The Balaban J connectivity index is 1.67. The number of rotatable bonds is 8. The molecule has 7 nitrogen and oxygen atoms in total. The molecule has 0 spiro atoms. The summed E-state index contributed by atoms with van der Waals surface area (Å²) in [5.74, 6) is 0.434. The summed E-state index contributed by atoms with van der Waals surface area (Å²) in [5.41, 5.74) is 2.00. The number of carbonyl (C=O) groups excluding carboxylic acids is 2. The molecule has 0 saturated carbocycles. The number of aromatic nitrogens is 3. The van der Waals surface area contributed by atoms with Gasteiger partial charge in [0.2, 0.25) is 5.91 Å². The third-order valence-corrected chi connectivity index (χ3v) is 6.76. The average Bonchev–Trinajstić information content (AvgIpc) is 3.14. The van der Waals surface area contributed by atoms with E-state index in [2.05, 4.69) is 20.8 Å². The molecule has 1 heterocycles. The van der Waals surface area contributed by atoms with Gasteiger partial charge < -0.3 is 15.2 Å². The van der Waals surface area contributed by atoms with E-state index in [4.69, 9.17) is 23.2 Å². The summed E-state index contributed by atoms with van der Waals surface area (Å²) in [6, 6.07) is 11.7. The highest BCUT2D eigenvalue weighted by molar-refractivity contribution is 7.99. The molecule has 0 aliphatic heterocycles. The molecule has 33 heavy (non-hydrogen) atoms. The van der Waals surface area contributed by atoms with E-state index >= 15 is 0 Å². The fraction of sp³-hybridized carbons (Fsp3) is 0.304. The maximum absolute atomic E-state index is 12.7. The van der Waals surface area contributed by atoms with Gasteiger partial charge in [0.05, 0.1) is 11.8 Å². The van der Waals surface area contributed by atoms with Crippen molar-refractivity contribution in [2.24, 2.45) is 13.0 Å². The van der Waals surface area contributed by atoms with Gasteiger partial charge in [-0.3, -0.25) is 9.59 Å². The van der Waals surface area contributed by atoms with E-state index in [1.54, 1.807) is 47.0 Å². The SMILES string of the molecule is Cc1c(Cl)cccc1NC(=O)CSc1nnc([C@H](NC(=O)c2ccc(Cl)cc2)C(C)C)n1C. The van der Waals surface area contributed by atoms with Crippen molar-refractivity contribution in [1.82, 2.24) is 20.1 Å². The lowest BCUT2D eigenvalue weighted by Gasteiger charge is -2.21. The van der Waals surface area contributed by atoms with Gasteiger partial charge in [-0.2, -0.15) is 0 Å². The lowest BCUT2D eigenvalue weighted by atomic mass is 10.0. The van der Waals surface area contributed by atoms with Gasteiger partial charge >= 0.3 is 0 Å². The Hall–Kier alpha value is -2.55. The van der Waals surface area contributed by atoms with Crippen LogP contribution >= 0.6 is 35.0 Å². The van der Waals surface area contributed by atoms with E-state index in [0.29, 0.717) is 32.3 Å². The fourth-order valence-electron chi connectivity index (χ4n) is 3.14. The standard InChI is InChI=1S/C23H25Cl2N5O2S/c1-13(2)20(27-22(32)15-8-10-16(24)11-9-15)21-28-29-23(30(21)4)33-12-19(31)26-18-7-5-6-17(25)14(18)3/h5-11,13,20H,12H2,1-4H3,(H,26,31)(H,27,32)/t20-/m1/s1. The van der Waals surface area contributed by atoms with E-state index < -0.39 is 0 Å². The quantitative estimate of drug-likeness (QED) is 0.406. The van der Waals surface area contributed by atoms with E-state index in [-0.39, 0.29) is 29.5 Å². The molecule has 174 valence electrons. The molecule has 0 unspecified atom stereocenters. The number of nitrogens with zero attached hydrogens (tertiary/aromatic N) is 3. The van der Waals surface area contributed by atoms with Gasteiger partial charge in [-0.15, -0.1) is 10.2 Å². The first-order valence-corrected chi connectivity index (χ1v) is 12.0. The van der Waals surface area contributed by atoms with Crippen molar-refractivity contribution < 1.29 is 9.59 Å². The maximum atomic E-state index is 12.7. The van der Waals surface area contributed by atoms with Crippen LogP contribution in [0, 0.1) is 12.8 Å². The topological polar surface area (TPSA) is 88.9 Å². The Morgan fingerprint density at radius 2 is 1.79 bits per heavy atom. The summed E-state index contributed by atoms with van der Waals surface area (Å²) in [4.78, 5) is 25.2. The third-order valence-electron chi connectivity index (χ3n) is 5.08. The lowest BCUT2D eigenvalue weighted by molar-refractivity contribution is -0.113. The van der Waals surface area contributed by atoms with Gasteiger partial charge in [-0.1, -0.05) is 54.9 Å². The third kappa shape index (κ3) is 6.28. The van der Waals surface area contributed by atoms with Crippen molar-refractivity contribution in [3.8, 4) is 0 Å². The predicted molar refractivity (Wildman–Crippen MR) is 133 cm³/mol. The summed E-state index contributed by atoms with van der Waals surface area (Å²) >= 11 is 13.3. The molecule has 1 atom stereocenters. The summed E-state index contributed by atoms with van der Waals surface area (Å²) in [6.07, 6.45) is 0. The first-order valence-electron chi connectivity index (χ1n) is 10.3. The number of hydrogen-bond acceptors (Lipinski definition) is 5. The molecule has 0 bridgehead atoms. The van der Waals surface area contributed by atoms with Gasteiger partial charge in [0.1, 0.15) is 0 Å². The second-order valence-electron chi connectivity index (χ2n) is 7.85. The number of thioether (sulfide) groups is 1. The largest absolute Gasteiger partial charge is 0.342 e. The lowest BCUT2D eigenvalue weighted by Crippen LogP contribution is -2.33. The minimum atomic E-state index is -0.358. The number of carbonyl (C=O) groups is 2. The number of amides is 2. The van der Waals surface area contributed by atoms with Crippen molar-refractivity contribution in [2.75, 3.05) is 11.1 Å². The maximum Gasteiger partial charge on any atom is 0.251 e. The zero-order valence-corrected chi connectivity index (χ0v) is 21.1. The van der Waals surface area contributed by atoms with Gasteiger partial charge in [0, 0.05) is 28.3 Å². The van der Waals surface area contributed by atoms with Crippen LogP contribution in [0.2, 0.25) is 10.0 Å². The van der Waals surface area contributed by atoms with Gasteiger partial charge in [-0.05, 0) is 54.8 Å². The second-order valence-corrected chi connectivity index (χ2v) is 9.64. The van der Waals surface area contributed by atoms with E-state index in [0.717, 1.165) is 5.56 Å². The zero-order valence-electron chi connectivity index (χ0n) is 18.7.